The molecule has 176 valence electrons. The Kier molecular flexibility index (Phi) is 8.23. The van der Waals surface area contributed by atoms with E-state index in [0.717, 1.165) is 11.1 Å². The minimum atomic E-state index is -0.547. The molecular formula is C26H26N2O6. The maximum Gasteiger partial charge on any atom is 0.343 e. The molecule has 0 bridgehead atoms. The minimum absolute atomic E-state index is 0.164. The van der Waals surface area contributed by atoms with Crippen LogP contribution >= 0.6 is 0 Å². The Labute approximate surface area is 198 Å². The number of amides is 1. The predicted molar refractivity (Wildman–Crippen MR) is 128 cm³/mol. The lowest BCUT2D eigenvalue weighted by Gasteiger charge is -2.10. The fraction of sp³-hybridized carbons (Fsp3) is 0.192. The number of nitrogens with zero attached hydrogens (tertiary/aromatic N) is 1. The molecule has 0 saturated heterocycles. The summed E-state index contributed by atoms with van der Waals surface area (Å²) in [4.78, 5) is 24.5. The molecule has 1 N–H and O–H groups in total. The highest BCUT2D eigenvalue weighted by Crippen LogP contribution is 2.28. The smallest absolute Gasteiger partial charge is 0.343 e. The van der Waals surface area contributed by atoms with E-state index in [1.165, 1.54) is 20.4 Å². The summed E-state index contributed by atoms with van der Waals surface area (Å²) in [6, 6.07) is 17.2. The van der Waals surface area contributed by atoms with Crippen molar-refractivity contribution in [1.29, 1.82) is 0 Å². The van der Waals surface area contributed by atoms with Crippen molar-refractivity contribution in [2.24, 2.45) is 5.10 Å². The minimum Gasteiger partial charge on any atom is -0.497 e. The van der Waals surface area contributed by atoms with Crippen LogP contribution in [0.2, 0.25) is 0 Å². The lowest BCUT2D eigenvalue weighted by atomic mass is 10.1. The van der Waals surface area contributed by atoms with Gasteiger partial charge in [0, 0.05) is 0 Å². The van der Waals surface area contributed by atoms with Crippen LogP contribution in [-0.2, 0) is 4.79 Å². The van der Waals surface area contributed by atoms with Crippen molar-refractivity contribution >= 4 is 18.1 Å². The van der Waals surface area contributed by atoms with Crippen LogP contribution in [-0.4, -0.2) is 38.9 Å². The van der Waals surface area contributed by atoms with E-state index in [-0.39, 0.29) is 12.4 Å². The summed E-state index contributed by atoms with van der Waals surface area (Å²) >= 11 is 0. The van der Waals surface area contributed by atoms with Crippen LogP contribution in [0.4, 0.5) is 0 Å². The van der Waals surface area contributed by atoms with Crippen molar-refractivity contribution in [2.75, 3.05) is 20.8 Å². The van der Waals surface area contributed by atoms with Crippen molar-refractivity contribution < 1.29 is 28.5 Å². The fourth-order valence-electron chi connectivity index (χ4n) is 2.92. The molecule has 0 unspecified atom stereocenters. The number of nitrogens with one attached hydrogen (secondary N) is 1. The van der Waals surface area contributed by atoms with Crippen LogP contribution in [0.3, 0.4) is 0 Å². The highest BCUT2D eigenvalue weighted by Gasteiger charge is 2.13. The number of hydrogen-bond donors (Lipinski definition) is 1. The van der Waals surface area contributed by atoms with Gasteiger partial charge in [-0.2, -0.15) is 5.10 Å². The summed E-state index contributed by atoms with van der Waals surface area (Å²) in [5.74, 6) is 0.809. The number of rotatable bonds is 9. The van der Waals surface area contributed by atoms with Gasteiger partial charge in [-0.15, -0.1) is 0 Å². The molecule has 3 aromatic rings. The first kappa shape index (κ1) is 24.3. The summed E-state index contributed by atoms with van der Waals surface area (Å²) < 4.78 is 21.4. The molecule has 0 atom stereocenters. The van der Waals surface area contributed by atoms with E-state index in [2.05, 4.69) is 10.5 Å². The Balaban J connectivity index is 1.57. The van der Waals surface area contributed by atoms with Crippen LogP contribution in [0.15, 0.2) is 65.8 Å². The van der Waals surface area contributed by atoms with Crippen LogP contribution in [0.1, 0.15) is 27.0 Å². The van der Waals surface area contributed by atoms with Crippen molar-refractivity contribution in [3.8, 4) is 23.0 Å². The van der Waals surface area contributed by atoms with Crippen molar-refractivity contribution in [3.05, 3.63) is 82.9 Å². The second-order valence-electron chi connectivity index (χ2n) is 7.36. The average Bonchev–Trinajstić information content (AvgIpc) is 2.85. The number of hydrazone groups is 1. The zero-order valence-corrected chi connectivity index (χ0v) is 19.5. The first-order valence-corrected chi connectivity index (χ1v) is 10.5. The molecule has 3 aromatic carbocycles. The number of carbonyl (C=O) groups is 2. The Morgan fingerprint density at radius 2 is 1.71 bits per heavy atom. The standard InChI is InChI=1S/C26H26N2O6/c1-17-8-10-22(12-18(17)2)33-16-25(29)28-27-15-19-9-11-23(24(13-19)32-4)34-26(30)20-6-5-7-21(14-20)31-3/h5-15H,16H2,1-4H3,(H,28,29)/b27-15-. The Morgan fingerprint density at radius 3 is 2.44 bits per heavy atom. The van der Waals surface area contributed by atoms with Crippen LogP contribution < -0.4 is 24.4 Å². The second-order valence-corrected chi connectivity index (χ2v) is 7.36. The lowest BCUT2D eigenvalue weighted by Crippen LogP contribution is -2.24. The van der Waals surface area contributed by atoms with E-state index in [4.69, 9.17) is 18.9 Å². The molecule has 0 spiro atoms. The largest absolute Gasteiger partial charge is 0.497 e. The molecule has 0 aromatic heterocycles. The molecule has 0 radical (unpaired) electrons. The third kappa shape index (κ3) is 6.59. The summed E-state index contributed by atoms with van der Waals surface area (Å²) in [6.45, 7) is 3.82. The highest BCUT2D eigenvalue weighted by molar-refractivity contribution is 5.92. The molecule has 0 aliphatic rings. The van der Waals surface area contributed by atoms with Gasteiger partial charge in [0.1, 0.15) is 11.5 Å². The maximum absolute atomic E-state index is 12.5. The summed E-state index contributed by atoms with van der Waals surface area (Å²) in [6.07, 6.45) is 1.45. The normalized spacial score (nSPS) is 10.6. The number of carbonyl (C=O) groups excluding carboxylic acids is 2. The van der Waals surface area contributed by atoms with E-state index < -0.39 is 11.9 Å². The second kappa shape index (κ2) is 11.5. The number of hydrogen-bond acceptors (Lipinski definition) is 7. The van der Waals surface area contributed by atoms with E-state index in [1.807, 2.05) is 32.0 Å². The fourth-order valence-corrected chi connectivity index (χ4v) is 2.92. The first-order chi connectivity index (χ1) is 16.4. The zero-order valence-electron chi connectivity index (χ0n) is 19.5. The Morgan fingerprint density at radius 1 is 0.882 bits per heavy atom. The third-order valence-electron chi connectivity index (χ3n) is 4.95. The van der Waals surface area contributed by atoms with Crippen molar-refractivity contribution in [1.82, 2.24) is 5.43 Å². The van der Waals surface area contributed by atoms with Crippen molar-refractivity contribution in [2.45, 2.75) is 13.8 Å². The van der Waals surface area contributed by atoms with Gasteiger partial charge in [-0.3, -0.25) is 4.79 Å². The number of benzene rings is 3. The van der Waals surface area contributed by atoms with Crippen LogP contribution in [0.5, 0.6) is 23.0 Å². The van der Waals surface area contributed by atoms with Gasteiger partial charge in [-0.1, -0.05) is 12.1 Å². The highest BCUT2D eigenvalue weighted by atomic mass is 16.6. The maximum atomic E-state index is 12.5. The number of ether oxygens (including phenoxy) is 4. The van der Waals surface area contributed by atoms with Gasteiger partial charge < -0.3 is 18.9 Å². The topological polar surface area (TPSA) is 95.5 Å². The molecule has 0 aliphatic heterocycles. The van der Waals surface area contributed by atoms with E-state index in [0.29, 0.717) is 28.4 Å². The summed E-state index contributed by atoms with van der Waals surface area (Å²) in [7, 11) is 2.99. The molecule has 34 heavy (non-hydrogen) atoms. The molecule has 0 fully saturated rings. The molecule has 0 saturated carbocycles. The van der Waals surface area contributed by atoms with E-state index in [1.54, 1.807) is 42.5 Å². The zero-order chi connectivity index (χ0) is 24.5. The molecule has 0 aliphatic carbocycles. The van der Waals surface area contributed by atoms with Gasteiger partial charge in [-0.05, 0) is 79.1 Å². The number of methoxy groups -OCH3 is 2. The number of esters is 1. The van der Waals surface area contributed by atoms with Crippen LogP contribution in [0.25, 0.3) is 0 Å². The van der Waals surface area contributed by atoms with Gasteiger partial charge in [0.25, 0.3) is 5.91 Å². The first-order valence-electron chi connectivity index (χ1n) is 10.5. The Hall–Kier alpha value is -4.33. The molecule has 3 rings (SSSR count). The third-order valence-corrected chi connectivity index (χ3v) is 4.95. The summed E-state index contributed by atoms with van der Waals surface area (Å²) in [5, 5.41) is 3.94. The monoisotopic (exact) mass is 462 g/mol. The lowest BCUT2D eigenvalue weighted by molar-refractivity contribution is -0.123. The molecular weight excluding hydrogens is 436 g/mol. The van der Waals surface area contributed by atoms with E-state index in [9.17, 15) is 9.59 Å². The van der Waals surface area contributed by atoms with Gasteiger partial charge in [0.15, 0.2) is 18.1 Å². The average molecular weight is 463 g/mol. The predicted octanol–water partition coefficient (Wildman–Crippen LogP) is 4.07. The van der Waals surface area contributed by atoms with Gasteiger partial charge in [-0.25, -0.2) is 10.2 Å². The molecule has 0 heterocycles. The SMILES string of the molecule is COc1cccc(C(=O)Oc2ccc(/C=N\NC(=O)COc3ccc(C)c(C)c3)cc2OC)c1. The van der Waals surface area contributed by atoms with Crippen LogP contribution in [0, 0.1) is 13.8 Å². The van der Waals surface area contributed by atoms with Gasteiger partial charge in [0.05, 0.1) is 26.0 Å². The number of aryl methyl sites for hydroxylation is 2. The van der Waals surface area contributed by atoms with Gasteiger partial charge in [0.2, 0.25) is 0 Å². The molecule has 1 amide bonds. The quantitative estimate of drug-likeness (QED) is 0.223. The van der Waals surface area contributed by atoms with Gasteiger partial charge >= 0.3 is 5.97 Å². The van der Waals surface area contributed by atoms with Crippen molar-refractivity contribution in [3.63, 3.8) is 0 Å². The molecule has 8 heteroatoms. The summed E-state index contributed by atoms with van der Waals surface area (Å²) in [5.41, 5.74) is 5.63. The van der Waals surface area contributed by atoms with E-state index >= 15 is 0 Å². The molecule has 8 nitrogen and oxygen atoms in total. The Bertz CT molecular complexity index is 1210.